The lowest BCUT2D eigenvalue weighted by Gasteiger charge is -2.10. The number of amides is 2. The van der Waals surface area contributed by atoms with Crippen LogP contribution in [-0.2, 0) is 9.59 Å². The highest BCUT2D eigenvalue weighted by atomic mass is 16.5. The van der Waals surface area contributed by atoms with Crippen molar-refractivity contribution in [3.8, 4) is 11.5 Å². The monoisotopic (exact) mass is 383 g/mol. The summed E-state index contributed by atoms with van der Waals surface area (Å²) in [5.74, 6) is -0.431. The van der Waals surface area contributed by atoms with Crippen LogP contribution in [0.25, 0.3) is 0 Å². The maximum absolute atomic E-state index is 11.9. The number of rotatable bonds is 8. The Morgan fingerprint density at radius 2 is 1.82 bits per heavy atom. The summed E-state index contributed by atoms with van der Waals surface area (Å²) < 4.78 is 11.0. The third-order valence-electron chi connectivity index (χ3n) is 3.84. The lowest BCUT2D eigenvalue weighted by Crippen LogP contribution is -2.32. The second kappa shape index (κ2) is 10.7. The molecule has 2 aromatic rings. The molecule has 0 saturated heterocycles. The Balaban J connectivity index is 1.91. The smallest absolute Gasteiger partial charge is 0.329 e. The molecule has 0 aliphatic heterocycles. The number of hydrogen-bond donors (Lipinski definition) is 2. The van der Waals surface area contributed by atoms with E-state index in [1.165, 1.54) is 6.21 Å². The first kappa shape index (κ1) is 21.0. The summed E-state index contributed by atoms with van der Waals surface area (Å²) in [7, 11) is 1.56. The number of ether oxygens (including phenoxy) is 2. The number of carbonyl (C=O) groups excluding carboxylic acids is 2. The van der Waals surface area contributed by atoms with Gasteiger partial charge >= 0.3 is 11.8 Å². The van der Waals surface area contributed by atoms with Crippen molar-refractivity contribution in [1.82, 2.24) is 5.43 Å². The third-order valence-corrected chi connectivity index (χ3v) is 3.84. The fraction of sp³-hybridized carbons (Fsp3) is 0.286. The molecule has 0 bridgehead atoms. The van der Waals surface area contributed by atoms with Gasteiger partial charge in [-0.15, -0.1) is 0 Å². The van der Waals surface area contributed by atoms with Crippen LogP contribution in [0.1, 0.15) is 30.9 Å². The average Bonchev–Trinajstić information content (AvgIpc) is 2.70. The maximum Gasteiger partial charge on any atom is 0.329 e. The van der Waals surface area contributed by atoms with Gasteiger partial charge in [0.1, 0.15) is 0 Å². The first-order valence-corrected chi connectivity index (χ1v) is 9.05. The molecule has 0 radical (unpaired) electrons. The minimum Gasteiger partial charge on any atom is -0.493 e. The number of methoxy groups -OCH3 is 1. The fourth-order valence-corrected chi connectivity index (χ4v) is 2.25. The van der Waals surface area contributed by atoms with Crippen LogP contribution in [0.3, 0.4) is 0 Å². The summed E-state index contributed by atoms with van der Waals surface area (Å²) in [5.41, 5.74) is 4.50. The molecular formula is C21H25N3O4. The van der Waals surface area contributed by atoms with Crippen LogP contribution < -0.4 is 20.2 Å². The SMILES string of the molecule is CCCCOc1ccc(/C=N\NC(=O)C(=O)Nc2ccc(C)cc2)cc1OC. The Bertz CT molecular complexity index is 832. The van der Waals surface area contributed by atoms with Gasteiger partial charge < -0.3 is 14.8 Å². The standard InChI is InChI=1S/C21H25N3O4/c1-4-5-12-28-18-11-8-16(13-19(18)27-3)14-22-24-21(26)20(25)23-17-9-6-15(2)7-10-17/h6-11,13-14H,4-5,12H2,1-3H3,(H,23,25)(H,24,26)/b22-14-. The van der Waals surface area contributed by atoms with Gasteiger partial charge in [0, 0.05) is 5.69 Å². The molecule has 0 heterocycles. The molecule has 0 unspecified atom stereocenters. The normalized spacial score (nSPS) is 10.5. The predicted molar refractivity (Wildman–Crippen MR) is 109 cm³/mol. The summed E-state index contributed by atoms with van der Waals surface area (Å²) >= 11 is 0. The summed E-state index contributed by atoms with van der Waals surface area (Å²) in [6.07, 6.45) is 3.43. The number of aryl methyl sites for hydroxylation is 1. The zero-order valence-corrected chi connectivity index (χ0v) is 16.3. The van der Waals surface area contributed by atoms with E-state index in [1.54, 1.807) is 37.4 Å². The van der Waals surface area contributed by atoms with Crippen molar-refractivity contribution in [1.29, 1.82) is 0 Å². The van der Waals surface area contributed by atoms with E-state index in [9.17, 15) is 9.59 Å². The first-order chi connectivity index (χ1) is 13.5. The largest absolute Gasteiger partial charge is 0.493 e. The molecule has 148 valence electrons. The second-order valence-corrected chi connectivity index (χ2v) is 6.13. The fourth-order valence-electron chi connectivity index (χ4n) is 2.25. The van der Waals surface area contributed by atoms with E-state index in [0.717, 1.165) is 18.4 Å². The van der Waals surface area contributed by atoms with Gasteiger partial charge in [0.25, 0.3) is 0 Å². The van der Waals surface area contributed by atoms with Crippen LogP contribution in [0.2, 0.25) is 0 Å². The van der Waals surface area contributed by atoms with Crippen LogP contribution >= 0.6 is 0 Å². The minimum absolute atomic E-state index is 0.540. The summed E-state index contributed by atoms with van der Waals surface area (Å²) in [5, 5.41) is 6.32. The summed E-state index contributed by atoms with van der Waals surface area (Å²) in [4.78, 5) is 23.7. The van der Waals surface area contributed by atoms with Gasteiger partial charge in [0.15, 0.2) is 11.5 Å². The average molecular weight is 383 g/mol. The van der Waals surface area contributed by atoms with Crippen molar-refractivity contribution in [3.05, 3.63) is 53.6 Å². The van der Waals surface area contributed by atoms with E-state index >= 15 is 0 Å². The van der Waals surface area contributed by atoms with Gasteiger partial charge in [0.2, 0.25) is 0 Å². The van der Waals surface area contributed by atoms with Crippen molar-refractivity contribution in [3.63, 3.8) is 0 Å². The molecule has 7 heteroatoms. The highest BCUT2D eigenvalue weighted by molar-refractivity contribution is 6.39. The lowest BCUT2D eigenvalue weighted by atomic mass is 10.2. The van der Waals surface area contributed by atoms with Crippen molar-refractivity contribution >= 4 is 23.7 Å². The van der Waals surface area contributed by atoms with Gasteiger partial charge in [-0.1, -0.05) is 31.0 Å². The highest BCUT2D eigenvalue weighted by Crippen LogP contribution is 2.27. The van der Waals surface area contributed by atoms with E-state index in [2.05, 4.69) is 22.8 Å². The van der Waals surface area contributed by atoms with Crippen LogP contribution in [0.5, 0.6) is 11.5 Å². The van der Waals surface area contributed by atoms with Crippen molar-refractivity contribution < 1.29 is 19.1 Å². The Morgan fingerprint density at radius 3 is 2.50 bits per heavy atom. The highest BCUT2D eigenvalue weighted by Gasteiger charge is 2.12. The van der Waals surface area contributed by atoms with Gasteiger partial charge in [0.05, 0.1) is 19.9 Å². The number of hydrogen-bond acceptors (Lipinski definition) is 5. The Kier molecular flexibility index (Phi) is 8.02. The van der Waals surface area contributed by atoms with Gasteiger partial charge in [-0.25, -0.2) is 5.43 Å². The zero-order valence-electron chi connectivity index (χ0n) is 16.3. The van der Waals surface area contributed by atoms with Crippen molar-refractivity contribution in [2.24, 2.45) is 5.10 Å². The van der Waals surface area contributed by atoms with Crippen molar-refractivity contribution in [2.75, 3.05) is 19.0 Å². The van der Waals surface area contributed by atoms with Crippen LogP contribution in [-0.4, -0.2) is 31.7 Å². The minimum atomic E-state index is -0.858. The van der Waals surface area contributed by atoms with Crippen molar-refractivity contribution in [2.45, 2.75) is 26.7 Å². The zero-order chi connectivity index (χ0) is 20.4. The van der Waals surface area contributed by atoms with Gasteiger partial charge in [-0.05, 0) is 49.2 Å². The maximum atomic E-state index is 11.9. The molecule has 0 aliphatic carbocycles. The first-order valence-electron chi connectivity index (χ1n) is 9.05. The molecule has 0 atom stereocenters. The number of carbonyl (C=O) groups is 2. The molecule has 2 rings (SSSR count). The molecule has 0 aliphatic rings. The van der Waals surface area contributed by atoms with E-state index in [0.29, 0.717) is 29.4 Å². The predicted octanol–water partition coefficient (Wildman–Crippen LogP) is 3.27. The number of benzene rings is 2. The molecule has 2 N–H and O–H groups in total. The Morgan fingerprint density at radius 1 is 1.07 bits per heavy atom. The van der Waals surface area contributed by atoms with Crippen LogP contribution in [0.15, 0.2) is 47.6 Å². The second-order valence-electron chi connectivity index (χ2n) is 6.13. The Hall–Kier alpha value is -3.35. The molecule has 0 fully saturated rings. The number of nitrogens with one attached hydrogen (secondary N) is 2. The topological polar surface area (TPSA) is 89.0 Å². The summed E-state index contributed by atoms with van der Waals surface area (Å²) in [6, 6.07) is 12.4. The van der Waals surface area contributed by atoms with E-state index < -0.39 is 11.8 Å². The summed E-state index contributed by atoms with van der Waals surface area (Å²) in [6.45, 7) is 4.65. The third kappa shape index (κ3) is 6.42. The van der Waals surface area contributed by atoms with Gasteiger partial charge in [-0.3, -0.25) is 9.59 Å². The molecule has 28 heavy (non-hydrogen) atoms. The van der Waals surface area contributed by atoms with Gasteiger partial charge in [-0.2, -0.15) is 5.10 Å². The molecule has 0 aromatic heterocycles. The van der Waals surface area contributed by atoms with Crippen LogP contribution in [0, 0.1) is 6.92 Å². The van der Waals surface area contributed by atoms with E-state index in [4.69, 9.17) is 9.47 Å². The molecule has 2 aromatic carbocycles. The molecule has 0 saturated carbocycles. The molecule has 2 amide bonds. The number of nitrogens with zero attached hydrogens (tertiary/aromatic N) is 1. The molecule has 0 spiro atoms. The van der Waals surface area contributed by atoms with E-state index in [-0.39, 0.29) is 0 Å². The Labute approximate surface area is 164 Å². The van der Waals surface area contributed by atoms with Crippen LogP contribution in [0.4, 0.5) is 5.69 Å². The quantitative estimate of drug-likeness (QED) is 0.317. The molecule has 7 nitrogen and oxygen atoms in total. The number of anilines is 1. The number of unbranched alkanes of at least 4 members (excludes halogenated alkanes) is 1. The molecular weight excluding hydrogens is 358 g/mol. The van der Waals surface area contributed by atoms with E-state index in [1.807, 2.05) is 19.1 Å². The lowest BCUT2D eigenvalue weighted by molar-refractivity contribution is -0.136. The number of hydrazone groups is 1.